The summed E-state index contributed by atoms with van der Waals surface area (Å²) >= 11 is 0. The first-order valence-electron chi connectivity index (χ1n) is 11.5. The number of likely N-dealkylation sites (N-methyl/N-ethyl adjacent to an activating group) is 1. The highest BCUT2D eigenvalue weighted by atomic mass is 19.1. The summed E-state index contributed by atoms with van der Waals surface area (Å²) in [4.78, 5) is 17.4. The van der Waals surface area contributed by atoms with Gasteiger partial charge in [0.1, 0.15) is 11.6 Å². The number of hydrogen-bond acceptors (Lipinski definition) is 4. The Labute approximate surface area is 198 Å². The number of urea groups is 1. The third kappa shape index (κ3) is 3.86. The fourth-order valence-corrected chi connectivity index (χ4v) is 5.37. The van der Waals surface area contributed by atoms with E-state index < -0.39 is 0 Å². The molecule has 0 aromatic heterocycles. The first-order valence-corrected chi connectivity index (χ1v) is 11.5. The molecule has 2 aliphatic heterocycles. The van der Waals surface area contributed by atoms with Crippen LogP contribution in [0.25, 0.3) is 11.1 Å². The Kier molecular flexibility index (Phi) is 5.87. The van der Waals surface area contributed by atoms with Crippen LogP contribution in [0, 0.1) is 11.7 Å². The molecular weight excluding hydrogens is 433 g/mol. The number of nitrogens with zero attached hydrogens (tertiary/aromatic N) is 2. The summed E-state index contributed by atoms with van der Waals surface area (Å²) in [5.74, 6) is 0.555. The molecule has 3 aromatic rings. The lowest BCUT2D eigenvalue weighted by Crippen LogP contribution is -2.48. The molecule has 2 aliphatic rings. The summed E-state index contributed by atoms with van der Waals surface area (Å²) in [5.41, 5.74) is 4.62. The lowest BCUT2D eigenvalue weighted by molar-refractivity contribution is 0.168. The molecular formula is C27H28FN3O3. The van der Waals surface area contributed by atoms with E-state index in [1.54, 1.807) is 19.2 Å². The van der Waals surface area contributed by atoms with Crippen LogP contribution in [-0.2, 0) is 0 Å². The topological polar surface area (TPSA) is 65.0 Å². The van der Waals surface area contributed by atoms with Gasteiger partial charge >= 0.3 is 6.03 Å². The number of anilines is 2. The van der Waals surface area contributed by atoms with Crippen LogP contribution >= 0.6 is 0 Å². The van der Waals surface area contributed by atoms with E-state index in [1.807, 2.05) is 48.3 Å². The number of nitrogens with one attached hydrogen (secondary N) is 1. The molecule has 2 heterocycles. The van der Waals surface area contributed by atoms with Crippen LogP contribution in [0.5, 0.6) is 5.75 Å². The quantitative estimate of drug-likeness (QED) is 0.580. The number of aliphatic hydroxyl groups is 1. The molecule has 5 rings (SSSR count). The maximum Gasteiger partial charge on any atom is 0.322 e. The van der Waals surface area contributed by atoms with Crippen LogP contribution in [0.4, 0.5) is 20.6 Å². The van der Waals surface area contributed by atoms with E-state index in [2.05, 4.69) is 16.3 Å². The normalized spacial score (nSPS) is 21.1. The zero-order valence-electron chi connectivity index (χ0n) is 19.2. The number of aliphatic hydroxyl groups excluding tert-OH is 1. The van der Waals surface area contributed by atoms with Gasteiger partial charge in [-0.2, -0.15) is 0 Å². The predicted molar refractivity (Wildman–Crippen MR) is 131 cm³/mol. The van der Waals surface area contributed by atoms with Gasteiger partial charge in [0, 0.05) is 30.9 Å². The number of fused-ring (bicyclic) bond motifs is 3. The van der Waals surface area contributed by atoms with Crippen molar-refractivity contribution in [2.24, 2.45) is 5.92 Å². The zero-order valence-corrected chi connectivity index (χ0v) is 19.2. The monoisotopic (exact) mass is 461 g/mol. The van der Waals surface area contributed by atoms with Crippen molar-refractivity contribution < 1.29 is 19.0 Å². The summed E-state index contributed by atoms with van der Waals surface area (Å²) in [6, 6.07) is 19.4. The molecule has 34 heavy (non-hydrogen) atoms. The van der Waals surface area contributed by atoms with Gasteiger partial charge in [0.2, 0.25) is 0 Å². The molecule has 0 bridgehead atoms. The average Bonchev–Trinajstić information content (AvgIpc) is 3.30. The third-order valence-corrected chi connectivity index (χ3v) is 7.13. The van der Waals surface area contributed by atoms with Crippen molar-refractivity contribution in [3.05, 3.63) is 78.1 Å². The Balaban J connectivity index is 1.50. The van der Waals surface area contributed by atoms with Crippen LogP contribution in [0.3, 0.4) is 0 Å². The van der Waals surface area contributed by atoms with Gasteiger partial charge in [0.25, 0.3) is 0 Å². The Bertz CT molecular complexity index is 1180. The van der Waals surface area contributed by atoms with E-state index in [1.165, 1.54) is 12.1 Å². The van der Waals surface area contributed by atoms with Crippen LogP contribution < -0.4 is 15.0 Å². The van der Waals surface area contributed by atoms with Crippen molar-refractivity contribution in [1.29, 1.82) is 0 Å². The molecule has 7 heteroatoms. The summed E-state index contributed by atoms with van der Waals surface area (Å²) in [7, 11) is 3.60. The molecule has 6 nitrogen and oxygen atoms in total. The second-order valence-corrected chi connectivity index (χ2v) is 8.89. The number of halogens is 1. The fourth-order valence-electron chi connectivity index (χ4n) is 5.37. The molecule has 0 radical (unpaired) electrons. The lowest BCUT2D eigenvalue weighted by atomic mass is 9.81. The van der Waals surface area contributed by atoms with E-state index in [-0.39, 0.29) is 36.5 Å². The number of methoxy groups -OCH3 is 1. The Morgan fingerprint density at radius 3 is 2.47 bits per heavy atom. The number of rotatable bonds is 4. The van der Waals surface area contributed by atoms with Gasteiger partial charge in [-0.05, 0) is 71.6 Å². The number of carbonyl (C=O) groups is 1. The van der Waals surface area contributed by atoms with Crippen molar-refractivity contribution in [2.45, 2.75) is 18.5 Å². The molecule has 0 aliphatic carbocycles. The molecule has 1 saturated heterocycles. The van der Waals surface area contributed by atoms with E-state index in [0.29, 0.717) is 12.2 Å². The van der Waals surface area contributed by atoms with Gasteiger partial charge in [-0.1, -0.05) is 18.2 Å². The first-order chi connectivity index (χ1) is 16.5. The molecule has 0 unspecified atom stereocenters. The Morgan fingerprint density at radius 1 is 1.09 bits per heavy atom. The highest BCUT2D eigenvalue weighted by Gasteiger charge is 2.47. The van der Waals surface area contributed by atoms with Crippen LogP contribution in [0.2, 0.25) is 0 Å². The molecule has 176 valence electrons. The molecule has 3 atom stereocenters. The molecule has 0 spiro atoms. The van der Waals surface area contributed by atoms with Crippen molar-refractivity contribution in [1.82, 2.24) is 4.90 Å². The minimum atomic E-state index is -0.274. The maximum absolute atomic E-state index is 13.5. The summed E-state index contributed by atoms with van der Waals surface area (Å²) < 4.78 is 18.7. The number of carbonyl (C=O) groups excluding carboxylic acids is 1. The largest absolute Gasteiger partial charge is 0.497 e. The minimum Gasteiger partial charge on any atom is -0.497 e. The third-order valence-electron chi connectivity index (χ3n) is 7.13. The van der Waals surface area contributed by atoms with Gasteiger partial charge in [0.05, 0.1) is 25.8 Å². The molecule has 2 N–H and O–H groups in total. The van der Waals surface area contributed by atoms with Crippen molar-refractivity contribution in [2.75, 3.05) is 37.5 Å². The Morgan fingerprint density at radius 2 is 1.79 bits per heavy atom. The lowest BCUT2D eigenvalue weighted by Gasteiger charge is -2.44. The van der Waals surface area contributed by atoms with Crippen LogP contribution in [0.15, 0.2) is 66.7 Å². The second kappa shape index (κ2) is 8.99. The fraction of sp³-hybridized carbons (Fsp3) is 0.296. The molecule has 2 amide bonds. The van der Waals surface area contributed by atoms with Crippen molar-refractivity contribution in [3.63, 3.8) is 0 Å². The summed E-state index contributed by atoms with van der Waals surface area (Å²) in [6.07, 6.45) is 0.802. The summed E-state index contributed by atoms with van der Waals surface area (Å²) in [5, 5.41) is 13.2. The molecule has 3 aromatic carbocycles. The van der Waals surface area contributed by atoms with Crippen molar-refractivity contribution in [3.8, 4) is 16.9 Å². The number of likely N-dealkylation sites (tertiary alicyclic amines) is 1. The van der Waals surface area contributed by atoms with E-state index >= 15 is 0 Å². The average molecular weight is 462 g/mol. The molecule has 1 fully saturated rings. The van der Waals surface area contributed by atoms with E-state index in [9.17, 15) is 14.3 Å². The highest BCUT2D eigenvalue weighted by Crippen LogP contribution is 2.49. The standard InChI is InChI=1S/C27H28FN3O3/c1-30-24-12-5-18(17-3-6-19(28)7-4-17)15-23(24)26-22(25(30)16-32)13-14-31(26)27(33)29-20-8-10-21(34-2)11-9-20/h3-12,15,22,25-26,32H,13-14,16H2,1-2H3,(H,29,33)/t22-,25-,26-/m0/s1. The number of hydrogen-bond donors (Lipinski definition) is 2. The molecule has 0 saturated carbocycles. The zero-order chi connectivity index (χ0) is 23.8. The van der Waals surface area contributed by atoms with Crippen molar-refractivity contribution >= 4 is 17.4 Å². The Hall–Kier alpha value is -3.58. The maximum atomic E-state index is 13.5. The smallest absolute Gasteiger partial charge is 0.322 e. The second-order valence-electron chi connectivity index (χ2n) is 8.89. The number of amides is 2. The van der Waals surface area contributed by atoms with Gasteiger partial charge < -0.3 is 25.0 Å². The van der Waals surface area contributed by atoms with Gasteiger partial charge in [0.15, 0.2) is 0 Å². The van der Waals surface area contributed by atoms with Crippen LogP contribution in [-0.4, -0.2) is 49.4 Å². The van der Waals surface area contributed by atoms with Gasteiger partial charge in [-0.15, -0.1) is 0 Å². The SMILES string of the molecule is COc1ccc(NC(=O)N2CC[C@@H]3[C@H]2c2cc(-c4ccc(F)cc4)ccc2N(C)[C@H]3CO)cc1. The van der Waals surface area contributed by atoms with E-state index in [0.717, 1.165) is 34.5 Å². The summed E-state index contributed by atoms with van der Waals surface area (Å²) in [6.45, 7) is 0.618. The number of ether oxygens (including phenoxy) is 1. The number of benzene rings is 3. The van der Waals surface area contributed by atoms with E-state index in [4.69, 9.17) is 4.74 Å². The predicted octanol–water partition coefficient (Wildman–Crippen LogP) is 4.91. The van der Waals surface area contributed by atoms with Gasteiger partial charge in [-0.3, -0.25) is 0 Å². The highest BCUT2D eigenvalue weighted by molar-refractivity contribution is 5.90. The van der Waals surface area contributed by atoms with Crippen LogP contribution in [0.1, 0.15) is 18.0 Å². The first kappa shape index (κ1) is 22.2. The minimum absolute atomic E-state index is 0.0186. The van der Waals surface area contributed by atoms with Gasteiger partial charge in [-0.25, -0.2) is 9.18 Å².